The Kier molecular flexibility index (Phi) is 2.95. The van der Waals surface area contributed by atoms with Gasteiger partial charge in [-0.15, -0.1) is 0 Å². The highest BCUT2D eigenvalue weighted by Gasteiger charge is 2.53. The molecule has 1 N–H and O–H groups in total. The summed E-state index contributed by atoms with van der Waals surface area (Å²) in [5.74, 6) is 1.97. The number of carboxylic acids is 1. The molecule has 4 bridgehead atoms. The second-order valence-electron chi connectivity index (χ2n) is 6.87. The number of rotatable bonds is 5. The van der Waals surface area contributed by atoms with Gasteiger partial charge in [0.15, 0.2) is 0 Å². The molecule has 0 aromatic carbocycles. The van der Waals surface area contributed by atoms with Crippen LogP contribution in [0.2, 0.25) is 0 Å². The molecule has 3 nitrogen and oxygen atoms in total. The van der Waals surface area contributed by atoms with Crippen LogP contribution in [0.25, 0.3) is 0 Å². The zero-order chi connectivity index (χ0) is 12.8. The standard InChI is InChI=1S/C15H22O3/c16-13(2-1-3-14(17)18)15-7-10-4-11(8-15)6-12(5-10)9-15/h10-12H,1-9H2,(H,17,18). The fourth-order valence-electron chi connectivity index (χ4n) is 5.12. The SMILES string of the molecule is O=C(O)CCCC(=O)C12CC3CC(CC(C3)C1)C2. The molecule has 100 valence electrons. The van der Waals surface area contributed by atoms with E-state index in [-0.39, 0.29) is 11.8 Å². The molecule has 4 saturated carbocycles. The van der Waals surface area contributed by atoms with E-state index in [0.717, 1.165) is 37.0 Å². The van der Waals surface area contributed by atoms with Crippen molar-refractivity contribution in [3.8, 4) is 0 Å². The van der Waals surface area contributed by atoms with Crippen LogP contribution < -0.4 is 0 Å². The lowest BCUT2D eigenvalue weighted by molar-refractivity contribution is -0.144. The fourth-order valence-corrected chi connectivity index (χ4v) is 5.12. The van der Waals surface area contributed by atoms with Crippen LogP contribution in [-0.2, 0) is 9.59 Å². The quantitative estimate of drug-likeness (QED) is 0.816. The van der Waals surface area contributed by atoms with Gasteiger partial charge in [0, 0.05) is 18.3 Å². The predicted octanol–water partition coefficient (Wildman–Crippen LogP) is 3.03. The molecule has 0 spiro atoms. The van der Waals surface area contributed by atoms with E-state index in [1.54, 1.807) is 0 Å². The van der Waals surface area contributed by atoms with Crippen LogP contribution in [0.4, 0.5) is 0 Å². The number of carbonyl (C=O) groups excluding carboxylic acids is 1. The number of carbonyl (C=O) groups is 2. The third-order valence-electron chi connectivity index (χ3n) is 5.42. The summed E-state index contributed by atoms with van der Waals surface area (Å²) in [7, 11) is 0. The Morgan fingerprint density at radius 2 is 1.44 bits per heavy atom. The highest BCUT2D eigenvalue weighted by Crippen LogP contribution is 2.60. The molecular formula is C15H22O3. The normalized spacial score (nSPS) is 41.0. The average molecular weight is 250 g/mol. The Morgan fingerprint density at radius 3 is 1.89 bits per heavy atom. The molecule has 0 aliphatic heterocycles. The first-order chi connectivity index (χ1) is 8.57. The van der Waals surface area contributed by atoms with Crippen LogP contribution >= 0.6 is 0 Å². The van der Waals surface area contributed by atoms with Crippen LogP contribution in [0.1, 0.15) is 57.8 Å². The molecule has 0 atom stereocenters. The number of carboxylic acid groups (broad SMARTS) is 1. The minimum absolute atomic E-state index is 0.0345. The minimum atomic E-state index is -0.784. The molecular weight excluding hydrogens is 228 g/mol. The molecule has 4 aliphatic carbocycles. The number of hydrogen-bond donors (Lipinski definition) is 1. The summed E-state index contributed by atoms with van der Waals surface area (Å²) in [4.78, 5) is 23.0. The first-order valence-electron chi connectivity index (χ1n) is 7.32. The van der Waals surface area contributed by atoms with E-state index in [9.17, 15) is 9.59 Å². The highest BCUT2D eigenvalue weighted by molar-refractivity contribution is 5.85. The number of aliphatic carboxylic acids is 1. The summed E-state index contributed by atoms with van der Waals surface area (Å²) < 4.78 is 0. The maximum atomic E-state index is 12.5. The van der Waals surface area contributed by atoms with Crippen molar-refractivity contribution >= 4 is 11.8 Å². The molecule has 0 amide bonds. The van der Waals surface area contributed by atoms with Gasteiger partial charge in [-0.25, -0.2) is 0 Å². The molecule has 18 heavy (non-hydrogen) atoms. The van der Waals surface area contributed by atoms with Crippen LogP contribution in [0.5, 0.6) is 0 Å². The van der Waals surface area contributed by atoms with E-state index in [2.05, 4.69) is 0 Å². The summed E-state index contributed by atoms with van der Waals surface area (Å²) in [6.07, 6.45) is 8.50. The van der Waals surface area contributed by atoms with E-state index in [1.165, 1.54) is 19.3 Å². The molecule has 0 aromatic heterocycles. The Morgan fingerprint density at radius 1 is 0.944 bits per heavy atom. The lowest BCUT2D eigenvalue weighted by Crippen LogP contribution is -2.49. The maximum absolute atomic E-state index is 12.5. The van der Waals surface area contributed by atoms with Gasteiger partial charge < -0.3 is 5.11 Å². The van der Waals surface area contributed by atoms with Gasteiger partial charge in [-0.1, -0.05) is 0 Å². The van der Waals surface area contributed by atoms with E-state index in [4.69, 9.17) is 5.11 Å². The predicted molar refractivity (Wildman–Crippen MR) is 67.1 cm³/mol. The van der Waals surface area contributed by atoms with Gasteiger partial charge in [0.05, 0.1) is 0 Å². The van der Waals surface area contributed by atoms with Crippen molar-refractivity contribution in [2.45, 2.75) is 57.8 Å². The minimum Gasteiger partial charge on any atom is -0.481 e. The summed E-state index contributed by atoms with van der Waals surface area (Å²) in [6.45, 7) is 0. The van der Waals surface area contributed by atoms with Gasteiger partial charge >= 0.3 is 5.97 Å². The number of hydrogen-bond acceptors (Lipinski definition) is 2. The van der Waals surface area contributed by atoms with Crippen molar-refractivity contribution < 1.29 is 14.7 Å². The lowest BCUT2D eigenvalue weighted by atomic mass is 9.48. The van der Waals surface area contributed by atoms with Crippen molar-refractivity contribution in [1.82, 2.24) is 0 Å². The van der Waals surface area contributed by atoms with Gasteiger partial charge in [-0.2, -0.15) is 0 Å². The Balaban J connectivity index is 1.64. The molecule has 4 fully saturated rings. The smallest absolute Gasteiger partial charge is 0.303 e. The van der Waals surface area contributed by atoms with Crippen molar-refractivity contribution in [1.29, 1.82) is 0 Å². The van der Waals surface area contributed by atoms with Gasteiger partial charge in [-0.05, 0) is 62.7 Å². The van der Waals surface area contributed by atoms with Crippen LogP contribution in [0, 0.1) is 23.2 Å². The molecule has 3 heteroatoms. The first kappa shape index (κ1) is 12.2. The Hall–Kier alpha value is -0.860. The van der Waals surface area contributed by atoms with Crippen LogP contribution in [0.3, 0.4) is 0 Å². The van der Waals surface area contributed by atoms with E-state index < -0.39 is 5.97 Å². The number of ketones is 1. The van der Waals surface area contributed by atoms with E-state index in [0.29, 0.717) is 18.6 Å². The summed E-state index contributed by atoms with van der Waals surface area (Å²) in [5.41, 5.74) is -0.0345. The van der Waals surface area contributed by atoms with E-state index in [1.807, 2.05) is 0 Å². The summed E-state index contributed by atoms with van der Waals surface area (Å²) in [6, 6.07) is 0. The topological polar surface area (TPSA) is 54.4 Å². The van der Waals surface area contributed by atoms with Gasteiger partial charge in [0.1, 0.15) is 5.78 Å². The third kappa shape index (κ3) is 2.08. The number of Topliss-reactive ketones (excluding diaryl/α,β-unsaturated/α-hetero) is 1. The van der Waals surface area contributed by atoms with Gasteiger partial charge in [-0.3, -0.25) is 9.59 Å². The van der Waals surface area contributed by atoms with E-state index >= 15 is 0 Å². The Bertz CT molecular complexity index is 337. The van der Waals surface area contributed by atoms with Crippen LogP contribution in [0.15, 0.2) is 0 Å². The second-order valence-corrected chi connectivity index (χ2v) is 6.87. The first-order valence-corrected chi connectivity index (χ1v) is 7.32. The van der Waals surface area contributed by atoms with Crippen molar-refractivity contribution in [2.75, 3.05) is 0 Å². The van der Waals surface area contributed by atoms with Crippen molar-refractivity contribution in [2.24, 2.45) is 23.2 Å². The monoisotopic (exact) mass is 250 g/mol. The molecule has 0 unspecified atom stereocenters. The summed E-state index contributed by atoms with van der Waals surface area (Å²) in [5, 5.41) is 8.65. The Labute approximate surface area is 108 Å². The fraction of sp³-hybridized carbons (Fsp3) is 0.867. The maximum Gasteiger partial charge on any atom is 0.303 e. The summed E-state index contributed by atoms with van der Waals surface area (Å²) >= 11 is 0. The molecule has 0 aromatic rings. The zero-order valence-corrected chi connectivity index (χ0v) is 10.9. The van der Waals surface area contributed by atoms with Crippen molar-refractivity contribution in [3.63, 3.8) is 0 Å². The highest BCUT2D eigenvalue weighted by atomic mass is 16.4. The van der Waals surface area contributed by atoms with Crippen molar-refractivity contribution in [3.05, 3.63) is 0 Å². The average Bonchev–Trinajstić information content (AvgIpc) is 2.26. The molecule has 4 rings (SSSR count). The molecule has 0 radical (unpaired) electrons. The third-order valence-corrected chi connectivity index (χ3v) is 5.42. The largest absolute Gasteiger partial charge is 0.481 e. The lowest BCUT2D eigenvalue weighted by Gasteiger charge is -2.56. The van der Waals surface area contributed by atoms with Gasteiger partial charge in [0.25, 0.3) is 0 Å². The second kappa shape index (κ2) is 4.36. The molecule has 0 heterocycles. The molecule has 0 saturated heterocycles. The van der Waals surface area contributed by atoms with Crippen LogP contribution in [-0.4, -0.2) is 16.9 Å². The van der Waals surface area contributed by atoms with Gasteiger partial charge in [0.2, 0.25) is 0 Å². The molecule has 4 aliphatic rings. The zero-order valence-electron chi connectivity index (χ0n) is 10.9.